The van der Waals surface area contributed by atoms with Crippen molar-refractivity contribution in [1.82, 2.24) is 14.7 Å². The summed E-state index contributed by atoms with van der Waals surface area (Å²) < 4.78 is 32.2. The quantitative estimate of drug-likeness (QED) is 0.907. The summed E-state index contributed by atoms with van der Waals surface area (Å²) in [7, 11) is -2.36. The number of hydrogen-bond donors (Lipinski definition) is 1. The maximum Gasteiger partial charge on any atom is 0.244 e. The Labute approximate surface area is 128 Å². The molecule has 6 nitrogen and oxygen atoms in total. The maximum absolute atomic E-state index is 12.3. The lowest BCUT2D eigenvalue weighted by Gasteiger charge is -2.11. The van der Waals surface area contributed by atoms with E-state index in [2.05, 4.69) is 14.7 Å². The number of aryl methyl sites for hydroxylation is 1. The summed E-state index contributed by atoms with van der Waals surface area (Å²) in [6.07, 6.45) is 1.39. The van der Waals surface area contributed by atoms with Crippen LogP contribution in [0.2, 0.25) is 5.02 Å². The molecule has 2 aromatic rings. The predicted octanol–water partition coefficient (Wildman–Crippen LogP) is 1.93. The van der Waals surface area contributed by atoms with Crippen molar-refractivity contribution in [3.8, 4) is 5.75 Å². The molecule has 0 radical (unpaired) electrons. The fraction of sp³-hybridized carbons (Fsp3) is 0.231. The molecule has 0 spiro atoms. The first-order valence-corrected chi connectivity index (χ1v) is 7.89. The minimum atomic E-state index is -3.76. The minimum absolute atomic E-state index is 0.0109. The van der Waals surface area contributed by atoms with E-state index >= 15 is 0 Å². The Bertz CT molecular complexity index is 750. The first-order valence-electron chi connectivity index (χ1n) is 6.03. The van der Waals surface area contributed by atoms with Gasteiger partial charge in [-0.15, -0.1) is 0 Å². The van der Waals surface area contributed by atoms with Crippen molar-refractivity contribution < 1.29 is 13.2 Å². The fourth-order valence-corrected chi connectivity index (χ4v) is 3.14. The monoisotopic (exact) mass is 327 g/mol. The summed E-state index contributed by atoms with van der Waals surface area (Å²) in [4.78, 5) is 7.95. The molecule has 1 aromatic heterocycles. The van der Waals surface area contributed by atoms with Gasteiger partial charge in [0.05, 0.1) is 19.3 Å². The number of ether oxygens (including phenoxy) is 1. The van der Waals surface area contributed by atoms with Gasteiger partial charge in [-0.1, -0.05) is 11.6 Å². The van der Waals surface area contributed by atoms with Gasteiger partial charge < -0.3 is 4.74 Å². The average Bonchev–Trinajstić information content (AvgIpc) is 2.45. The van der Waals surface area contributed by atoms with E-state index in [1.54, 1.807) is 19.1 Å². The zero-order chi connectivity index (χ0) is 15.5. The van der Waals surface area contributed by atoms with Gasteiger partial charge in [-0.05, 0) is 31.2 Å². The molecular weight excluding hydrogens is 314 g/mol. The van der Waals surface area contributed by atoms with Crippen molar-refractivity contribution >= 4 is 21.6 Å². The second kappa shape index (κ2) is 6.38. The predicted molar refractivity (Wildman–Crippen MR) is 78.8 cm³/mol. The largest absolute Gasteiger partial charge is 0.495 e. The van der Waals surface area contributed by atoms with Crippen LogP contribution < -0.4 is 9.46 Å². The smallest absolute Gasteiger partial charge is 0.244 e. The number of aromatic nitrogens is 2. The highest BCUT2D eigenvalue weighted by atomic mass is 35.5. The van der Waals surface area contributed by atoms with Crippen LogP contribution in [0.25, 0.3) is 0 Å². The van der Waals surface area contributed by atoms with Crippen LogP contribution in [-0.2, 0) is 16.6 Å². The van der Waals surface area contributed by atoms with Gasteiger partial charge in [-0.3, -0.25) is 0 Å². The molecule has 112 valence electrons. The Balaban J connectivity index is 2.24. The Morgan fingerprint density at radius 1 is 1.29 bits per heavy atom. The van der Waals surface area contributed by atoms with Gasteiger partial charge in [0.25, 0.3) is 0 Å². The molecule has 0 fully saturated rings. The van der Waals surface area contributed by atoms with Crippen LogP contribution >= 0.6 is 11.6 Å². The van der Waals surface area contributed by atoms with Crippen molar-refractivity contribution in [1.29, 1.82) is 0 Å². The number of sulfonamides is 1. The lowest BCUT2D eigenvalue weighted by molar-refractivity contribution is 0.402. The molecule has 0 unspecified atom stereocenters. The Morgan fingerprint density at radius 2 is 2.05 bits per heavy atom. The van der Waals surface area contributed by atoms with Crippen LogP contribution in [0.1, 0.15) is 11.4 Å². The van der Waals surface area contributed by atoms with Gasteiger partial charge in [0.15, 0.2) is 0 Å². The van der Waals surface area contributed by atoms with Crippen LogP contribution in [0.15, 0.2) is 35.5 Å². The summed E-state index contributed by atoms with van der Waals surface area (Å²) >= 11 is 5.85. The van der Waals surface area contributed by atoms with Crippen molar-refractivity contribution in [2.45, 2.75) is 18.4 Å². The SMILES string of the molecule is COc1ccc(Cl)cc1S(=O)(=O)NCc1cc(C)ncn1. The van der Waals surface area contributed by atoms with E-state index in [9.17, 15) is 8.42 Å². The molecule has 2 rings (SSSR count). The summed E-state index contributed by atoms with van der Waals surface area (Å²) in [5, 5.41) is 0.314. The van der Waals surface area contributed by atoms with Crippen molar-refractivity contribution in [2.24, 2.45) is 0 Å². The molecule has 8 heteroatoms. The van der Waals surface area contributed by atoms with Gasteiger partial charge in [-0.2, -0.15) is 0 Å². The minimum Gasteiger partial charge on any atom is -0.495 e. The number of nitrogens with zero attached hydrogens (tertiary/aromatic N) is 2. The molecule has 1 heterocycles. The van der Waals surface area contributed by atoms with Crippen molar-refractivity contribution in [2.75, 3.05) is 7.11 Å². The third kappa shape index (κ3) is 3.90. The van der Waals surface area contributed by atoms with E-state index in [0.717, 1.165) is 5.69 Å². The van der Waals surface area contributed by atoms with Gasteiger partial charge in [0.1, 0.15) is 17.0 Å². The summed E-state index contributed by atoms with van der Waals surface area (Å²) in [5.74, 6) is 0.228. The molecule has 21 heavy (non-hydrogen) atoms. The van der Waals surface area contributed by atoms with Gasteiger partial charge in [0.2, 0.25) is 10.0 Å². The Kier molecular flexibility index (Phi) is 4.76. The molecule has 1 aromatic carbocycles. The Hall–Kier alpha value is -1.70. The average molecular weight is 328 g/mol. The number of methoxy groups -OCH3 is 1. The van der Waals surface area contributed by atoms with Crippen LogP contribution in [0, 0.1) is 6.92 Å². The fourth-order valence-electron chi connectivity index (χ4n) is 1.71. The van der Waals surface area contributed by atoms with E-state index < -0.39 is 10.0 Å². The van der Waals surface area contributed by atoms with E-state index in [1.165, 1.54) is 25.6 Å². The second-order valence-corrected chi connectivity index (χ2v) is 6.44. The topological polar surface area (TPSA) is 81.2 Å². The first kappa shape index (κ1) is 15.7. The van der Waals surface area contributed by atoms with Crippen molar-refractivity contribution in [3.63, 3.8) is 0 Å². The maximum atomic E-state index is 12.3. The lowest BCUT2D eigenvalue weighted by Crippen LogP contribution is -2.24. The van der Waals surface area contributed by atoms with Gasteiger partial charge >= 0.3 is 0 Å². The van der Waals surface area contributed by atoms with Gasteiger partial charge in [0, 0.05) is 10.7 Å². The van der Waals surface area contributed by atoms with Crippen LogP contribution in [-0.4, -0.2) is 25.5 Å². The second-order valence-electron chi connectivity index (χ2n) is 4.27. The molecule has 0 amide bonds. The van der Waals surface area contributed by atoms with Crippen LogP contribution in [0.5, 0.6) is 5.75 Å². The highest BCUT2D eigenvalue weighted by molar-refractivity contribution is 7.89. The molecule has 0 aliphatic carbocycles. The van der Waals surface area contributed by atoms with Crippen LogP contribution in [0.4, 0.5) is 0 Å². The third-order valence-electron chi connectivity index (χ3n) is 2.72. The zero-order valence-electron chi connectivity index (χ0n) is 11.5. The summed E-state index contributed by atoms with van der Waals surface area (Å²) in [6.45, 7) is 1.86. The molecule has 0 aliphatic heterocycles. The van der Waals surface area contributed by atoms with E-state index in [-0.39, 0.29) is 17.2 Å². The number of rotatable bonds is 5. The highest BCUT2D eigenvalue weighted by Crippen LogP contribution is 2.26. The lowest BCUT2D eigenvalue weighted by atomic mass is 10.3. The van der Waals surface area contributed by atoms with E-state index in [1.807, 2.05) is 0 Å². The number of halogens is 1. The third-order valence-corrected chi connectivity index (χ3v) is 4.38. The first-order chi connectivity index (χ1) is 9.92. The van der Waals surface area contributed by atoms with E-state index in [0.29, 0.717) is 10.7 Å². The number of hydrogen-bond acceptors (Lipinski definition) is 5. The molecule has 0 saturated heterocycles. The number of nitrogens with one attached hydrogen (secondary N) is 1. The highest BCUT2D eigenvalue weighted by Gasteiger charge is 2.20. The number of benzene rings is 1. The van der Waals surface area contributed by atoms with E-state index in [4.69, 9.17) is 16.3 Å². The van der Waals surface area contributed by atoms with Gasteiger partial charge in [-0.25, -0.2) is 23.1 Å². The van der Waals surface area contributed by atoms with Crippen molar-refractivity contribution in [3.05, 3.63) is 47.0 Å². The molecule has 0 atom stereocenters. The van der Waals surface area contributed by atoms with Crippen LogP contribution in [0.3, 0.4) is 0 Å². The summed E-state index contributed by atoms with van der Waals surface area (Å²) in [6, 6.07) is 6.12. The molecule has 0 bridgehead atoms. The summed E-state index contributed by atoms with van der Waals surface area (Å²) in [5.41, 5.74) is 1.34. The zero-order valence-corrected chi connectivity index (χ0v) is 13.1. The molecule has 0 saturated carbocycles. The normalized spacial score (nSPS) is 11.4. The molecular formula is C13H14ClN3O3S. The molecule has 1 N–H and O–H groups in total. The Morgan fingerprint density at radius 3 is 2.71 bits per heavy atom. The standard InChI is InChI=1S/C13H14ClN3O3S/c1-9-5-11(16-8-15-9)7-17-21(18,19)13-6-10(14)3-4-12(13)20-2/h3-6,8,17H,7H2,1-2H3. The molecule has 0 aliphatic rings.